The van der Waals surface area contributed by atoms with E-state index in [-0.39, 0.29) is 5.91 Å². The third-order valence-electron chi connectivity index (χ3n) is 5.00. The van der Waals surface area contributed by atoms with Crippen LogP contribution in [0.3, 0.4) is 0 Å². The lowest BCUT2D eigenvalue weighted by molar-refractivity contribution is -0.138. The minimum absolute atomic E-state index is 0.0143. The van der Waals surface area contributed by atoms with Gasteiger partial charge in [0, 0.05) is 30.4 Å². The smallest absolute Gasteiger partial charge is 0.255 e. The molecule has 0 bridgehead atoms. The zero-order valence-electron chi connectivity index (χ0n) is 14.5. The monoisotopic (exact) mass is 364 g/mol. The molecule has 2 aliphatic rings. The Labute approximate surface area is 155 Å². The van der Waals surface area contributed by atoms with Crippen molar-refractivity contribution in [2.24, 2.45) is 4.99 Å². The van der Waals surface area contributed by atoms with Gasteiger partial charge in [-0.15, -0.1) is 15.8 Å². The van der Waals surface area contributed by atoms with Gasteiger partial charge < -0.3 is 9.64 Å². The number of ether oxygens (including phenoxy) is 1. The molecule has 0 aliphatic carbocycles. The fourth-order valence-electron chi connectivity index (χ4n) is 3.70. The Morgan fingerprint density at radius 3 is 2.69 bits per heavy atom. The highest BCUT2D eigenvalue weighted by molar-refractivity contribution is 7.16. The van der Waals surface area contributed by atoms with E-state index in [1.807, 2.05) is 53.4 Å². The predicted octanol–water partition coefficient (Wildman–Crippen LogP) is 3.35. The highest BCUT2D eigenvalue weighted by atomic mass is 31.0. The summed E-state index contributed by atoms with van der Waals surface area (Å²) in [5.41, 5.74) is 2.05. The maximum Gasteiger partial charge on any atom is 0.255 e. The second-order valence-corrected chi connectivity index (χ2v) is 6.99. The molecule has 0 spiro atoms. The molecule has 0 aromatic heterocycles. The summed E-state index contributed by atoms with van der Waals surface area (Å²) in [5, 5.41) is 0. The van der Waals surface area contributed by atoms with Crippen molar-refractivity contribution in [3.63, 3.8) is 0 Å². The molecule has 1 unspecified atom stereocenters. The lowest BCUT2D eigenvalue weighted by Crippen LogP contribution is -2.49. The number of hydrogen-bond donors (Lipinski definition) is 0. The average Bonchev–Trinajstić information content (AvgIpc) is 3.05. The Bertz CT molecular complexity index is 881. The van der Waals surface area contributed by atoms with Crippen molar-refractivity contribution in [2.75, 3.05) is 12.7 Å². The Kier molecular flexibility index (Phi) is 4.37. The Hall–Kier alpha value is -2.45. The van der Waals surface area contributed by atoms with Crippen LogP contribution in [0.4, 0.5) is 0 Å². The van der Waals surface area contributed by atoms with Gasteiger partial charge in [0.05, 0.1) is 0 Å². The van der Waals surface area contributed by atoms with E-state index in [4.69, 9.17) is 9.73 Å². The van der Waals surface area contributed by atoms with E-state index in [9.17, 15) is 4.79 Å². The van der Waals surface area contributed by atoms with Gasteiger partial charge in [-0.2, -0.15) is 0 Å². The summed E-state index contributed by atoms with van der Waals surface area (Å²) in [6, 6.07) is 17.8. The van der Waals surface area contributed by atoms with Crippen LogP contribution in [0.1, 0.15) is 22.8 Å². The largest absolute Gasteiger partial charge is 0.466 e. The number of nitrogens with zero attached hydrogens (tertiary/aromatic N) is 2. The summed E-state index contributed by atoms with van der Waals surface area (Å²) in [6.07, 6.45) is 1.83. The molecule has 2 aromatic rings. The third kappa shape index (κ3) is 2.57. The molecule has 2 aliphatic heterocycles. The number of carbonyl (C=O) groups is 1. The van der Waals surface area contributed by atoms with Crippen molar-refractivity contribution in [1.82, 2.24) is 4.90 Å². The first-order valence-corrected chi connectivity index (χ1v) is 9.51. The zero-order chi connectivity index (χ0) is 18.1. The van der Waals surface area contributed by atoms with Crippen LogP contribution < -0.4 is 0 Å². The summed E-state index contributed by atoms with van der Waals surface area (Å²) in [4.78, 5) is 20.2. The summed E-state index contributed by atoms with van der Waals surface area (Å²) < 4.78 is 6.31. The standard InChI is InChI=1S/C21H21N2O2P/c1-2-12-23-13-16-10-6-7-11-17(16)18-21(14-26,20(23)24)22-19(25-18)15-8-4-3-5-9-15/h2-11,18H,1,12-14,26H2/t18-,21-/m0/s1. The molecule has 1 amide bonds. The molecular weight excluding hydrogens is 343 g/mol. The molecule has 0 saturated heterocycles. The normalized spacial score (nSPS) is 24.2. The molecule has 26 heavy (non-hydrogen) atoms. The molecule has 5 heteroatoms. The molecule has 4 rings (SSSR count). The van der Waals surface area contributed by atoms with Gasteiger partial charge in [0.25, 0.3) is 5.91 Å². The number of amides is 1. The van der Waals surface area contributed by atoms with Crippen molar-refractivity contribution in [1.29, 1.82) is 0 Å². The van der Waals surface area contributed by atoms with Gasteiger partial charge in [0.2, 0.25) is 5.90 Å². The van der Waals surface area contributed by atoms with E-state index >= 15 is 0 Å². The quantitative estimate of drug-likeness (QED) is 0.617. The summed E-state index contributed by atoms with van der Waals surface area (Å²) >= 11 is 0. The van der Waals surface area contributed by atoms with Crippen LogP contribution in [-0.2, 0) is 16.1 Å². The van der Waals surface area contributed by atoms with Crippen LogP contribution in [-0.4, -0.2) is 35.0 Å². The van der Waals surface area contributed by atoms with Gasteiger partial charge in [0.1, 0.15) is 0 Å². The van der Waals surface area contributed by atoms with E-state index in [1.54, 1.807) is 6.08 Å². The second-order valence-electron chi connectivity index (χ2n) is 6.58. The molecule has 3 atom stereocenters. The fraction of sp³-hybridized carbons (Fsp3) is 0.238. The van der Waals surface area contributed by atoms with Crippen molar-refractivity contribution in [3.8, 4) is 0 Å². The molecule has 0 fully saturated rings. The maximum atomic E-state index is 13.5. The van der Waals surface area contributed by atoms with E-state index in [1.165, 1.54) is 0 Å². The van der Waals surface area contributed by atoms with Gasteiger partial charge in [-0.3, -0.25) is 4.79 Å². The van der Waals surface area contributed by atoms with Crippen LogP contribution in [0.25, 0.3) is 0 Å². The van der Waals surface area contributed by atoms with Crippen molar-refractivity contribution < 1.29 is 9.53 Å². The molecule has 132 valence electrons. The molecule has 0 N–H and O–H groups in total. The molecule has 2 aromatic carbocycles. The van der Waals surface area contributed by atoms with Gasteiger partial charge in [-0.25, -0.2) is 4.99 Å². The van der Waals surface area contributed by atoms with E-state index in [0.717, 1.165) is 16.7 Å². The number of carbonyl (C=O) groups excluding carboxylic acids is 1. The molecule has 0 radical (unpaired) electrons. The molecular formula is C21H21N2O2P. The van der Waals surface area contributed by atoms with Crippen LogP contribution >= 0.6 is 9.24 Å². The van der Waals surface area contributed by atoms with Crippen molar-refractivity contribution in [2.45, 2.75) is 18.2 Å². The van der Waals surface area contributed by atoms with Crippen LogP contribution in [0.2, 0.25) is 0 Å². The summed E-state index contributed by atoms with van der Waals surface area (Å²) in [6.45, 7) is 4.84. The predicted molar refractivity (Wildman–Crippen MR) is 106 cm³/mol. The molecule has 0 saturated carbocycles. The van der Waals surface area contributed by atoms with E-state index in [0.29, 0.717) is 25.1 Å². The summed E-state index contributed by atoms with van der Waals surface area (Å²) in [7, 11) is 2.69. The molecule has 4 nitrogen and oxygen atoms in total. The van der Waals surface area contributed by atoms with Gasteiger partial charge in [-0.1, -0.05) is 48.5 Å². The van der Waals surface area contributed by atoms with Crippen molar-refractivity contribution >= 4 is 21.0 Å². The number of fused-ring (bicyclic) bond motifs is 3. The summed E-state index contributed by atoms with van der Waals surface area (Å²) in [5.74, 6) is 0.515. The van der Waals surface area contributed by atoms with E-state index < -0.39 is 11.6 Å². The van der Waals surface area contributed by atoms with Crippen LogP contribution in [0, 0.1) is 0 Å². The lowest BCUT2D eigenvalue weighted by atomic mass is 9.88. The lowest BCUT2D eigenvalue weighted by Gasteiger charge is -2.30. The number of benzene rings is 2. The van der Waals surface area contributed by atoms with Crippen molar-refractivity contribution in [3.05, 3.63) is 83.9 Å². The van der Waals surface area contributed by atoms with Gasteiger partial charge in [-0.05, 0) is 17.7 Å². The highest BCUT2D eigenvalue weighted by Gasteiger charge is 2.55. The first kappa shape index (κ1) is 17.0. The van der Waals surface area contributed by atoms with Gasteiger partial charge >= 0.3 is 0 Å². The Morgan fingerprint density at radius 2 is 1.96 bits per heavy atom. The third-order valence-corrected chi connectivity index (χ3v) is 5.62. The minimum Gasteiger partial charge on any atom is -0.466 e. The average molecular weight is 364 g/mol. The highest BCUT2D eigenvalue weighted by Crippen LogP contribution is 2.45. The zero-order valence-corrected chi connectivity index (χ0v) is 15.6. The first-order chi connectivity index (χ1) is 12.7. The fourth-order valence-corrected chi connectivity index (χ4v) is 4.18. The maximum absolute atomic E-state index is 13.5. The number of rotatable bonds is 4. The van der Waals surface area contributed by atoms with E-state index in [2.05, 4.69) is 21.9 Å². The molecule has 2 heterocycles. The topological polar surface area (TPSA) is 41.9 Å². The number of hydrogen-bond acceptors (Lipinski definition) is 3. The second kappa shape index (κ2) is 6.69. The minimum atomic E-state index is -0.967. The number of aliphatic imine (C=N–C) groups is 1. The Balaban J connectivity index is 1.88. The van der Waals surface area contributed by atoms with Crippen LogP contribution in [0.15, 0.2) is 72.2 Å². The van der Waals surface area contributed by atoms with Gasteiger partial charge in [0.15, 0.2) is 11.6 Å². The Morgan fingerprint density at radius 1 is 1.23 bits per heavy atom. The van der Waals surface area contributed by atoms with Crippen LogP contribution in [0.5, 0.6) is 0 Å². The SMILES string of the molecule is C=CCN1Cc2ccccc2[C@@H]2OC(c3ccccc3)=N[C@]2(CP)C1=O. The first-order valence-electron chi connectivity index (χ1n) is 8.69.